The van der Waals surface area contributed by atoms with Crippen LogP contribution in [0.15, 0.2) is 96.9 Å². The summed E-state index contributed by atoms with van der Waals surface area (Å²) in [5.41, 5.74) is 7.46. The Balaban J connectivity index is 1.56. The van der Waals surface area contributed by atoms with Crippen molar-refractivity contribution in [2.45, 2.75) is 78.1 Å². The van der Waals surface area contributed by atoms with Crippen molar-refractivity contribution in [2.24, 2.45) is 0 Å². The number of hydrogen-bond acceptors (Lipinski definition) is 4. The first-order chi connectivity index (χ1) is 20.6. The Bertz CT molecular complexity index is 1440. The zero-order valence-electron chi connectivity index (χ0n) is 27.0. The van der Waals surface area contributed by atoms with Crippen LogP contribution in [0.4, 0.5) is 11.4 Å². The molecule has 0 radical (unpaired) electrons. The highest BCUT2D eigenvalue weighted by Crippen LogP contribution is 2.47. The summed E-state index contributed by atoms with van der Waals surface area (Å²) < 4.78 is 13.2. The second-order valence-corrected chi connectivity index (χ2v) is 12.3. The van der Waals surface area contributed by atoms with Crippen LogP contribution in [-0.4, -0.2) is 42.6 Å². The molecule has 43 heavy (non-hydrogen) atoms. The molecule has 0 fully saturated rings. The van der Waals surface area contributed by atoms with Crippen LogP contribution in [0.5, 0.6) is 0 Å². The molecular weight excluding hydrogens is 532 g/mol. The van der Waals surface area contributed by atoms with Crippen molar-refractivity contribution in [1.82, 2.24) is 0 Å². The van der Waals surface area contributed by atoms with Crippen molar-refractivity contribution >= 4 is 23.1 Å². The Morgan fingerprint density at radius 2 is 1.56 bits per heavy atom. The fourth-order valence-electron chi connectivity index (χ4n) is 6.45. The molecule has 0 saturated carbocycles. The summed E-state index contributed by atoms with van der Waals surface area (Å²) in [7, 11) is 0. The van der Waals surface area contributed by atoms with Gasteiger partial charge in [0, 0.05) is 60.3 Å². The fraction of sp³-hybridized carbons (Fsp3) is 0.421. The van der Waals surface area contributed by atoms with E-state index < -0.39 is 0 Å². The molecule has 2 heterocycles. The van der Waals surface area contributed by atoms with E-state index in [2.05, 4.69) is 123 Å². The van der Waals surface area contributed by atoms with E-state index >= 15 is 0 Å². The molecule has 5 heteroatoms. The summed E-state index contributed by atoms with van der Waals surface area (Å²) in [6, 6.07) is 17.3. The molecule has 228 valence electrons. The van der Waals surface area contributed by atoms with Gasteiger partial charge in [-0.05, 0) is 51.8 Å². The molecule has 0 saturated heterocycles. The normalized spacial score (nSPS) is 17.6. The number of benzene rings is 2. The predicted molar refractivity (Wildman–Crippen MR) is 178 cm³/mol. The second-order valence-electron chi connectivity index (χ2n) is 12.3. The Morgan fingerprint density at radius 1 is 0.860 bits per heavy atom. The molecular formula is C38H49N2O3+. The van der Waals surface area contributed by atoms with Gasteiger partial charge in [0.1, 0.15) is 6.54 Å². The van der Waals surface area contributed by atoms with Crippen LogP contribution < -0.4 is 4.90 Å². The fourth-order valence-corrected chi connectivity index (χ4v) is 6.45. The highest BCUT2D eigenvalue weighted by molar-refractivity contribution is 6.03. The third-order valence-electron chi connectivity index (χ3n) is 8.58. The highest BCUT2D eigenvalue weighted by atomic mass is 16.5. The lowest BCUT2D eigenvalue weighted by Crippen LogP contribution is -2.28. The first kappa shape index (κ1) is 32.1. The first-order valence-electron chi connectivity index (χ1n) is 15.8. The number of carbonyl (C=O) groups excluding carboxylic acids is 1. The molecule has 2 aliphatic heterocycles. The van der Waals surface area contributed by atoms with Crippen molar-refractivity contribution in [3.05, 3.63) is 108 Å². The molecule has 0 bridgehead atoms. The summed E-state index contributed by atoms with van der Waals surface area (Å²) >= 11 is 0. The smallest absolute Gasteiger partial charge is 0.305 e. The van der Waals surface area contributed by atoms with Gasteiger partial charge < -0.3 is 14.4 Å². The lowest BCUT2D eigenvalue weighted by molar-refractivity contribution is -0.438. The highest BCUT2D eigenvalue weighted by Gasteiger charge is 2.44. The number of para-hydroxylation sites is 2. The summed E-state index contributed by atoms with van der Waals surface area (Å²) in [5.74, 6) is 0.724. The van der Waals surface area contributed by atoms with Crippen molar-refractivity contribution in [3.63, 3.8) is 0 Å². The molecule has 0 N–H and O–H groups in total. The maximum absolute atomic E-state index is 12.0. The topological polar surface area (TPSA) is 41.8 Å². The van der Waals surface area contributed by atoms with Crippen LogP contribution in [0.1, 0.15) is 78.4 Å². The molecule has 0 amide bonds. The molecule has 0 aromatic heterocycles. The molecule has 4 rings (SSSR count). The molecule has 0 atom stereocenters. The van der Waals surface area contributed by atoms with Crippen LogP contribution in [0, 0.1) is 0 Å². The van der Waals surface area contributed by atoms with Gasteiger partial charge in [0.15, 0.2) is 5.71 Å². The zero-order chi connectivity index (χ0) is 31.0. The molecule has 2 aliphatic rings. The van der Waals surface area contributed by atoms with Crippen LogP contribution in [0.2, 0.25) is 0 Å². The van der Waals surface area contributed by atoms with Crippen LogP contribution in [-0.2, 0) is 25.1 Å². The van der Waals surface area contributed by atoms with Crippen molar-refractivity contribution in [2.75, 3.05) is 31.2 Å². The van der Waals surface area contributed by atoms with Gasteiger partial charge in [-0.25, -0.2) is 0 Å². The van der Waals surface area contributed by atoms with Gasteiger partial charge in [-0.2, -0.15) is 4.58 Å². The number of anilines is 1. The Hall–Kier alpha value is -3.86. The summed E-state index contributed by atoms with van der Waals surface area (Å²) in [5, 5.41) is 0. The third kappa shape index (κ3) is 7.04. The number of nitrogens with zero attached hydrogens (tertiary/aromatic N) is 2. The molecule has 5 nitrogen and oxygen atoms in total. The van der Waals surface area contributed by atoms with Gasteiger partial charge in [-0.1, -0.05) is 75.1 Å². The number of fused-ring (bicyclic) bond motifs is 2. The van der Waals surface area contributed by atoms with Crippen molar-refractivity contribution in [1.29, 1.82) is 0 Å². The summed E-state index contributed by atoms with van der Waals surface area (Å²) in [6.07, 6.45) is 13.9. The quantitative estimate of drug-likeness (QED) is 0.0970. The number of esters is 1. The predicted octanol–water partition coefficient (Wildman–Crippen LogP) is 8.53. The van der Waals surface area contributed by atoms with Crippen LogP contribution >= 0.6 is 0 Å². The molecule has 2 aromatic carbocycles. The van der Waals surface area contributed by atoms with Gasteiger partial charge in [0.05, 0.1) is 24.4 Å². The number of allylic oxidation sites excluding steroid dienone is 7. The maximum atomic E-state index is 12.0. The van der Waals surface area contributed by atoms with E-state index in [1.807, 2.05) is 13.8 Å². The van der Waals surface area contributed by atoms with E-state index in [9.17, 15) is 4.79 Å². The minimum absolute atomic E-state index is 0.0961. The first-order valence-corrected chi connectivity index (χ1v) is 15.8. The largest absolute Gasteiger partial charge is 0.499 e. The van der Waals surface area contributed by atoms with Gasteiger partial charge in [0.25, 0.3) is 0 Å². The van der Waals surface area contributed by atoms with E-state index in [0.29, 0.717) is 19.6 Å². The van der Waals surface area contributed by atoms with E-state index in [-0.39, 0.29) is 16.8 Å². The third-order valence-corrected chi connectivity index (χ3v) is 8.58. The average molecular weight is 582 g/mol. The van der Waals surface area contributed by atoms with Gasteiger partial charge in [-0.3, -0.25) is 4.79 Å². The summed E-state index contributed by atoms with van der Waals surface area (Å²) in [6.45, 7) is 19.8. The molecule has 0 spiro atoms. The van der Waals surface area contributed by atoms with Crippen molar-refractivity contribution in [3.8, 4) is 0 Å². The SMILES string of the molecule is C=C(CCC[N+]1=C(C=CC=CC=C2N(CCCC(=O)OCC)c3ccccc3C2(C)C)C(C)(C)c2ccccc21)OCC. The van der Waals surface area contributed by atoms with Gasteiger partial charge in [-0.15, -0.1) is 0 Å². The summed E-state index contributed by atoms with van der Waals surface area (Å²) in [4.78, 5) is 14.4. The van der Waals surface area contributed by atoms with E-state index in [1.54, 1.807) is 0 Å². The number of hydrogen-bond donors (Lipinski definition) is 0. The maximum Gasteiger partial charge on any atom is 0.305 e. The number of ether oxygens (including phenoxy) is 2. The molecule has 0 unspecified atom stereocenters. The van der Waals surface area contributed by atoms with Crippen LogP contribution in [0.25, 0.3) is 0 Å². The van der Waals surface area contributed by atoms with E-state index in [4.69, 9.17) is 9.47 Å². The van der Waals surface area contributed by atoms with Crippen LogP contribution in [0.3, 0.4) is 0 Å². The monoisotopic (exact) mass is 581 g/mol. The molecule has 0 aliphatic carbocycles. The Labute approximate surface area is 258 Å². The lowest BCUT2D eigenvalue weighted by atomic mass is 9.81. The molecule has 2 aromatic rings. The van der Waals surface area contributed by atoms with Gasteiger partial charge >= 0.3 is 5.97 Å². The standard InChI is InChI=1S/C38H49N2O3/c1-8-42-29(3)19-17-27-39-32-22-15-13-20-30(32)37(4,5)34(39)24-11-10-12-25-35-38(6,7)31-21-14-16-23-33(31)40(35)28-18-26-36(41)43-9-2/h10-16,20-25H,3,8-9,17-19,26-28H2,1-2,4-7H3/q+1. The average Bonchev–Trinajstić information content (AvgIpc) is 3.32. The van der Waals surface area contributed by atoms with Gasteiger partial charge in [0.2, 0.25) is 5.69 Å². The van der Waals surface area contributed by atoms with Crippen molar-refractivity contribution < 1.29 is 18.8 Å². The Morgan fingerprint density at radius 3 is 2.30 bits per heavy atom. The minimum atomic E-state index is -0.138. The van der Waals surface area contributed by atoms with E-state index in [0.717, 1.165) is 38.1 Å². The van der Waals surface area contributed by atoms with E-state index in [1.165, 1.54) is 33.9 Å². The zero-order valence-corrected chi connectivity index (χ0v) is 27.0. The minimum Gasteiger partial charge on any atom is -0.499 e. The number of rotatable bonds is 14. The Kier molecular flexibility index (Phi) is 10.5. The second kappa shape index (κ2) is 14.1. The lowest BCUT2D eigenvalue weighted by Gasteiger charge is -2.27. The number of carbonyl (C=O) groups is 1.